The molecule has 0 unspecified atom stereocenters. The van der Waals surface area contributed by atoms with Crippen molar-refractivity contribution in [1.82, 2.24) is 4.72 Å². The molecular formula is C12H16N2O5S. The number of hydrogen-bond acceptors (Lipinski definition) is 5. The van der Waals surface area contributed by atoms with Gasteiger partial charge in [0.1, 0.15) is 0 Å². The third-order valence-corrected chi connectivity index (χ3v) is 4.03. The van der Waals surface area contributed by atoms with Crippen LogP contribution in [0, 0.1) is 10.1 Å². The van der Waals surface area contributed by atoms with E-state index in [1.165, 1.54) is 12.1 Å². The molecular weight excluding hydrogens is 284 g/mol. The Balaban J connectivity index is 2.89. The van der Waals surface area contributed by atoms with E-state index in [9.17, 15) is 23.3 Å². The summed E-state index contributed by atoms with van der Waals surface area (Å²) in [4.78, 5) is 21.0. The summed E-state index contributed by atoms with van der Waals surface area (Å²) in [5, 5.41) is 10.8. The maximum Gasteiger partial charge on any atom is 0.289 e. The van der Waals surface area contributed by atoms with Gasteiger partial charge in [-0.1, -0.05) is 31.9 Å². The third kappa shape index (κ3) is 4.30. The van der Waals surface area contributed by atoms with E-state index in [4.69, 9.17) is 0 Å². The van der Waals surface area contributed by atoms with E-state index in [0.717, 1.165) is 25.0 Å². The van der Waals surface area contributed by atoms with Crippen molar-refractivity contribution in [1.29, 1.82) is 0 Å². The van der Waals surface area contributed by atoms with E-state index >= 15 is 0 Å². The molecule has 0 aromatic heterocycles. The molecule has 0 bridgehead atoms. The molecule has 0 radical (unpaired) electrons. The van der Waals surface area contributed by atoms with Crippen LogP contribution in [0.5, 0.6) is 0 Å². The molecule has 0 saturated heterocycles. The number of para-hydroxylation sites is 1. The first-order valence-corrected chi connectivity index (χ1v) is 7.66. The number of carbonyl (C=O) groups excluding carboxylic acids is 1. The highest BCUT2D eigenvalue weighted by atomic mass is 32.2. The quantitative estimate of drug-likeness (QED) is 0.470. The van der Waals surface area contributed by atoms with Gasteiger partial charge < -0.3 is 0 Å². The van der Waals surface area contributed by atoms with E-state index in [0.29, 0.717) is 6.42 Å². The highest BCUT2D eigenvalue weighted by molar-refractivity contribution is 7.90. The van der Waals surface area contributed by atoms with Gasteiger partial charge in [0, 0.05) is 12.5 Å². The largest absolute Gasteiger partial charge is 0.289 e. The van der Waals surface area contributed by atoms with Crippen LogP contribution in [0.1, 0.15) is 32.6 Å². The number of nitrogens with zero attached hydrogens (tertiary/aromatic N) is 1. The van der Waals surface area contributed by atoms with Gasteiger partial charge in [-0.05, 0) is 12.5 Å². The summed E-state index contributed by atoms with van der Waals surface area (Å²) in [6.45, 7) is 1.96. The lowest BCUT2D eigenvalue weighted by Gasteiger charge is -2.07. The van der Waals surface area contributed by atoms with Crippen LogP contribution in [0.2, 0.25) is 0 Å². The first-order chi connectivity index (χ1) is 9.38. The number of nitro benzene ring substituents is 1. The fourth-order valence-electron chi connectivity index (χ4n) is 1.63. The van der Waals surface area contributed by atoms with Gasteiger partial charge in [-0.15, -0.1) is 0 Å². The molecule has 0 aliphatic rings. The summed E-state index contributed by atoms with van der Waals surface area (Å²) >= 11 is 0. The fraction of sp³-hybridized carbons (Fsp3) is 0.417. The van der Waals surface area contributed by atoms with Crippen molar-refractivity contribution in [3.05, 3.63) is 34.4 Å². The van der Waals surface area contributed by atoms with Crippen molar-refractivity contribution in [3.63, 3.8) is 0 Å². The molecule has 0 heterocycles. The number of rotatable bonds is 7. The molecule has 0 atom stereocenters. The number of amides is 1. The summed E-state index contributed by atoms with van der Waals surface area (Å²) in [6, 6.07) is 4.90. The summed E-state index contributed by atoms with van der Waals surface area (Å²) in [7, 11) is -4.21. The monoisotopic (exact) mass is 300 g/mol. The molecule has 0 spiro atoms. The highest BCUT2D eigenvalue weighted by Crippen LogP contribution is 2.22. The topological polar surface area (TPSA) is 106 Å². The molecule has 7 nitrogen and oxygen atoms in total. The highest BCUT2D eigenvalue weighted by Gasteiger charge is 2.26. The van der Waals surface area contributed by atoms with Crippen molar-refractivity contribution >= 4 is 21.6 Å². The number of hydrogen-bond donors (Lipinski definition) is 1. The Kier molecular flexibility index (Phi) is 5.63. The van der Waals surface area contributed by atoms with Crippen LogP contribution in [0.4, 0.5) is 5.69 Å². The summed E-state index contributed by atoms with van der Waals surface area (Å²) in [6.07, 6.45) is 2.38. The molecule has 1 rings (SSSR count). The van der Waals surface area contributed by atoms with E-state index < -0.39 is 31.4 Å². The van der Waals surface area contributed by atoms with Gasteiger partial charge >= 0.3 is 0 Å². The summed E-state index contributed by atoms with van der Waals surface area (Å²) < 4.78 is 25.8. The molecule has 1 amide bonds. The van der Waals surface area contributed by atoms with Gasteiger partial charge in [-0.2, -0.15) is 0 Å². The van der Waals surface area contributed by atoms with Gasteiger partial charge in [-0.25, -0.2) is 13.1 Å². The Labute approximate surface area is 117 Å². The minimum atomic E-state index is -4.21. The average molecular weight is 300 g/mol. The van der Waals surface area contributed by atoms with Crippen LogP contribution in [-0.2, 0) is 14.8 Å². The Morgan fingerprint density at radius 2 is 1.95 bits per heavy atom. The normalized spacial score (nSPS) is 11.1. The molecule has 0 saturated carbocycles. The predicted octanol–water partition coefficient (Wildman–Crippen LogP) is 1.98. The van der Waals surface area contributed by atoms with E-state index in [-0.39, 0.29) is 6.42 Å². The molecule has 1 aromatic carbocycles. The molecule has 20 heavy (non-hydrogen) atoms. The summed E-state index contributed by atoms with van der Waals surface area (Å²) in [5.41, 5.74) is -0.554. The average Bonchev–Trinajstić information content (AvgIpc) is 2.38. The lowest BCUT2D eigenvalue weighted by molar-refractivity contribution is -0.387. The van der Waals surface area contributed by atoms with Crippen LogP contribution in [-0.4, -0.2) is 19.2 Å². The van der Waals surface area contributed by atoms with Crippen molar-refractivity contribution < 1.29 is 18.1 Å². The second kappa shape index (κ2) is 6.99. The maximum absolute atomic E-state index is 12.0. The van der Waals surface area contributed by atoms with E-state index in [1.807, 2.05) is 11.6 Å². The first kappa shape index (κ1) is 16.1. The molecule has 110 valence electrons. The predicted molar refractivity (Wildman–Crippen MR) is 72.6 cm³/mol. The van der Waals surface area contributed by atoms with E-state index in [2.05, 4.69) is 0 Å². The van der Waals surface area contributed by atoms with Gasteiger partial charge in [0.2, 0.25) is 5.91 Å². The van der Waals surface area contributed by atoms with Gasteiger partial charge in [-0.3, -0.25) is 14.9 Å². The zero-order chi connectivity index (χ0) is 15.2. The minimum absolute atomic E-state index is 0.0771. The molecule has 0 fully saturated rings. The zero-order valence-corrected chi connectivity index (χ0v) is 11.9. The van der Waals surface area contributed by atoms with Crippen molar-refractivity contribution in [2.75, 3.05) is 0 Å². The van der Waals surface area contributed by atoms with E-state index in [1.54, 1.807) is 0 Å². The third-order valence-electron chi connectivity index (χ3n) is 2.61. The van der Waals surface area contributed by atoms with Crippen molar-refractivity contribution in [2.45, 2.75) is 37.5 Å². The Bertz CT molecular complexity index is 598. The molecule has 0 aliphatic carbocycles. The molecule has 0 aliphatic heterocycles. The lowest BCUT2D eigenvalue weighted by atomic mass is 10.2. The standard InChI is InChI=1S/C12H16N2O5S/c1-2-3-4-9-12(15)13-20(18,19)11-8-6-5-7-10(11)14(16)17/h5-8H,2-4,9H2,1H3,(H,13,15). The first-order valence-electron chi connectivity index (χ1n) is 6.17. The molecule has 1 N–H and O–H groups in total. The van der Waals surface area contributed by atoms with Crippen LogP contribution >= 0.6 is 0 Å². The minimum Gasteiger partial charge on any atom is -0.274 e. The summed E-state index contributed by atoms with van der Waals surface area (Å²) in [5.74, 6) is -0.656. The number of unbranched alkanes of at least 4 members (excludes halogenated alkanes) is 2. The van der Waals surface area contributed by atoms with Crippen LogP contribution in [0.25, 0.3) is 0 Å². The lowest BCUT2D eigenvalue weighted by Crippen LogP contribution is -2.30. The Hall–Kier alpha value is -1.96. The Morgan fingerprint density at radius 3 is 2.55 bits per heavy atom. The smallest absolute Gasteiger partial charge is 0.274 e. The Morgan fingerprint density at radius 1 is 1.30 bits per heavy atom. The number of nitro groups is 1. The zero-order valence-electron chi connectivity index (χ0n) is 11.0. The molecule has 8 heteroatoms. The number of nitrogens with one attached hydrogen (secondary N) is 1. The van der Waals surface area contributed by atoms with Crippen LogP contribution in [0.15, 0.2) is 29.2 Å². The SMILES string of the molecule is CCCCCC(=O)NS(=O)(=O)c1ccccc1[N+](=O)[O-]. The van der Waals surface area contributed by atoms with Crippen LogP contribution < -0.4 is 4.72 Å². The van der Waals surface area contributed by atoms with Crippen molar-refractivity contribution in [2.24, 2.45) is 0 Å². The van der Waals surface area contributed by atoms with Gasteiger partial charge in [0.15, 0.2) is 4.90 Å². The van der Waals surface area contributed by atoms with Crippen LogP contribution in [0.3, 0.4) is 0 Å². The molecule has 1 aromatic rings. The van der Waals surface area contributed by atoms with Gasteiger partial charge in [0.05, 0.1) is 4.92 Å². The maximum atomic E-state index is 12.0. The number of sulfonamides is 1. The number of carbonyl (C=O) groups is 1. The van der Waals surface area contributed by atoms with Gasteiger partial charge in [0.25, 0.3) is 15.7 Å². The second-order valence-electron chi connectivity index (χ2n) is 4.21. The second-order valence-corrected chi connectivity index (χ2v) is 5.86. The number of benzene rings is 1. The fourth-order valence-corrected chi connectivity index (χ4v) is 2.81. The van der Waals surface area contributed by atoms with Crippen molar-refractivity contribution in [3.8, 4) is 0 Å².